The molecule has 4 rings (SSSR count). The monoisotopic (exact) mass is 478 g/mol. The van der Waals surface area contributed by atoms with E-state index in [4.69, 9.17) is 48.8 Å². The van der Waals surface area contributed by atoms with Gasteiger partial charge in [-0.25, -0.2) is 0 Å². The summed E-state index contributed by atoms with van der Waals surface area (Å²) in [5, 5.41) is 35.3. The van der Waals surface area contributed by atoms with E-state index in [1.807, 2.05) is 0 Å². The van der Waals surface area contributed by atoms with Crippen LogP contribution in [0.4, 0.5) is 0 Å². The number of rotatable bonds is 12. The lowest BCUT2D eigenvalue weighted by atomic mass is 10.0. The Kier molecular flexibility index (Phi) is 7.83. The summed E-state index contributed by atoms with van der Waals surface area (Å²) >= 11 is 0. The topological polar surface area (TPSA) is 153 Å². The van der Waals surface area contributed by atoms with Gasteiger partial charge in [0.15, 0.2) is 35.6 Å². The van der Waals surface area contributed by atoms with E-state index in [1.54, 1.807) is 36.4 Å². The molecular weight excluding hydrogens is 452 g/mol. The van der Waals surface area contributed by atoms with Crippen molar-refractivity contribution in [3.05, 3.63) is 47.5 Å². The standard InChI is InChI=1S/C23H26O11/c24-15(5-13-1-3-16-18(7-13)33-22(31-16)11-29-9-20(25)26)6-14-2-4-17-19(8-14)34-23(32-17)12-30-10-21(27)28/h1-4,7-8,20-23,25-28H,5-6,9-12H2. The molecule has 2 aliphatic rings. The maximum absolute atomic E-state index is 12.6. The average molecular weight is 478 g/mol. The van der Waals surface area contributed by atoms with Gasteiger partial charge in [-0.15, -0.1) is 0 Å². The Balaban J connectivity index is 1.26. The van der Waals surface area contributed by atoms with Crippen molar-refractivity contribution in [2.24, 2.45) is 0 Å². The van der Waals surface area contributed by atoms with Gasteiger partial charge in [0.2, 0.25) is 0 Å². The number of aliphatic hydroxyl groups is 4. The summed E-state index contributed by atoms with van der Waals surface area (Å²) in [5.74, 6) is 2.03. The van der Waals surface area contributed by atoms with Crippen molar-refractivity contribution in [2.75, 3.05) is 26.4 Å². The van der Waals surface area contributed by atoms with Gasteiger partial charge in [-0.3, -0.25) is 4.79 Å². The van der Waals surface area contributed by atoms with Gasteiger partial charge in [-0.2, -0.15) is 0 Å². The van der Waals surface area contributed by atoms with Crippen molar-refractivity contribution in [2.45, 2.75) is 38.0 Å². The molecule has 184 valence electrons. The third-order valence-corrected chi connectivity index (χ3v) is 4.89. The van der Waals surface area contributed by atoms with Crippen LogP contribution in [-0.2, 0) is 27.1 Å². The summed E-state index contributed by atoms with van der Waals surface area (Å²) in [6.45, 7) is -0.439. The van der Waals surface area contributed by atoms with Gasteiger partial charge < -0.3 is 48.8 Å². The second kappa shape index (κ2) is 11.0. The smallest absolute Gasteiger partial charge is 0.264 e. The zero-order valence-electron chi connectivity index (χ0n) is 18.2. The van der Waals surface area contributed by atoms with E-state index in [2.05, 4.69) is 0 Å². The lowest BCUT2D eigenvalue weighted by molar-refractivity contribution is -0.118. The summed E-state index contributed by atoms with van der Waals surface area (Å²) in [4.78, 5) is 12.6. The van der Waals surface area contributed by atoms with Crippen molar-refractivity contribution in [1.29, 1.82) is 0 Å². The van der Waals surface area contributed by atoms with E-state index in [9.17, 15) is 4.79 Å². The number of hydrogen-bond donors (Lipinski definition) is 4. The molecular formula is C23H26O11. The van der Waals surface area contributed by atoms with Crippen LogP contribution in [0, 0.1) is 0 Å². The number of aliphatic hydroxyl groups excluding tert-OH is 2. The molecule has 2 aliphatic heterocycles. The molecule has 0 radical (unpaired) electrons. The molecule has 34 heavy (non-hydrogen) atoms. The maximum Gasteiger partial charge on any atom is 0.264 e. The van der Waals surface area contributed by atoms with Crippen LogP contribution >= 0.6 is 0 Å². The van der Waals surface area contributed by atoms with Crippen LogP contribution in [0.15, 0.2) is 36.4 Å². The molecule has 0 bridgehead atoms. The number of Topliss-reactive ketones (excluding diaryl/α,β-unsaturated/α-hetero) is 1. The molecule has 2 unspecified atom stereocenters. The Morgan fingerprint density at radius 3 is 1.53 bits per heavy atom. The Morgan fingerprint density at radius 1 is 0.706 bits per heavy atom. The van der Waals surface area contributed by atoms with Crippen LogP contribution < -0.4 is 18.9 Å². The van der Waals surface area contributed by atoms with E-state index >= 15 is 0 Å². The van der Waals surface area contributed by atoms with Crippen molar-refractivity contribution in [3.63, 3.8) is 0 Å². The van der Waals surface area contributed by atoms with Crippen molar-refractivity contribution < 1.29 is 53.6 Å². The first-order chi connectivity index (χ1) is 16.4. The van der Waals surface area contributed by atoms with Crippen LogP contribution in [-0.4, -0.2) is 77.8 Å². The zero-order valence-corrected chi connectivity index (χ0v) is 18.2. The molecule has 0 aliphatic carbocycles. The second-order valence-corrected chi connectivity index (χ2v) is 7.82. The number of ether oxygens (including phenoxy) is 6. The quantitative estimate of drug-likeness (QED) is 0.302. The van der Waals surface area contributed by atoms with E-state index in [1.165, 1.54) is 0 Å². The lowest BCUT2D eigenvalue weighted by Crippen LogP contribution is -2.27. The summed E-state index contributed by atoms with van der Waals surface area (Å²) in [6.07, 6.45) is -4.12. The van der Waals surface area contributed by atoms with E-state index in [0.717, 1.165) is 11.1 Å². The SMILES string of the molecule is O=C(Cc1ccc2c(c1)OC(COCC(O)O)O2)Cc1ccc2c(c1)OC(COCC(O)O)O2. The molecule has 2 aromatic rings. The highest BCUT2D eigenvalue weighted by Gasteiger charge is 2.26. The highest BCUT2D eigenvalue weighted by molar-refractivity contribution is 5.83. The summed E-state index contributed by atoms with van der Waals surface area (Å²) < 4.78 is 32.6. The number of ketones is 1. The third-order valence-electron chi connectivity index (χ3n) is 4.89. The molecule has 0 saturated heterocycles. The molecule has 2 aromatic carbocycles. The number of benzene rings is 2. The number of hydrogen-bond acceptors (Lipinski definition) is 11. The Morgan fingerprint density at radius 2 is 1.12 bits per heavy atom. The molecule has 11 heteroatoms. The number of carbonyl (C=O) groups is 1. The molecule has 2 atom stereocenters. The molecule has 11 nitrogen and oxygen atoms in total. The Bertz CT molecular complexity index is 913. The zero-order chi connectivity index (χ0) is 24.1. The second-order valence-electron chi connectivity index (χ2n) is 7.82. The van der Waals surface area contributed by atoms with Gasteiger partial charge >= 0.3 is 0 Å². The van der Waals surface area contributed by atoms with Gasteiger partial charge in [0, 0.05) is 12.8 Å². The minimum atomic E-state index is -1.56. The van der Waals surface area contributed by atoms with Crippen molar-refractivity contribution in [1.82, 2.24) is 0 Å². The molecule has 0 amide bonds. The van der Waals surface area contributed by atoms with Gasteiger partial charge in [0.1, 0.15) is 19.0 Å². The van der Waals surface area contributed by atoms with Gasteiger partial charge in [0.05, 0.1) is 13.2 Å². The summed E-state index contributed by atoms with van der Waals surface area (Å²) in [5.41, 5.74) is 1.53. The van der Waals surface area contributed by atoms with E-state index in [0.29, 0.717) is 23.0 Å². The van der Waals surface area contributed by atoms with Crippen molar-refractivity contribution >= 4 is 5.78 Å². The van der Waals surface area contributed by atoms with Gasteiger partial charge in [-0.1, -0.05) is 12.1 Å². The molecule has 0 saturated carbocycles. The van der Waals surface area contributed by atoms with Crippen LogP contribution in [0.1, 0.15) is 11.1 Å². The predicted octanol–water partition coefficient (Wildman–Crippen LogP) is -0.110. The van der Waals surface area contributed by atoms with Crippen LogP contribution in [0.5, 0.6) is 23.0 Å². The van der Waals surface area contributed by atoms with Crippen molar-refractivity contribution in [3.8, 4) is 23.0 Å². The highest BCUT2D eigenvalue weighted by Crippen LogP contribution is 2.37. The maximum atomic E-state index is 12.6. The van der Waals surface area contributed by atoms with Gasteiger partial charge in [-0.05, 0) is 35.4 Å². The molecule has 0 fully saturated rings. The molecule has 4 N–H and O–H groups in total. The van der Waals surface area contributed by atoms with E-state index in [-0.39, 0.29) is 45.1 Å². The fourth-order valence-electron chi connectivity index (χ4n) is 3.51. The highest BCUT2D eigenvalue weighted by atomic mass is 16.7. The first-order valence-corrected chi connectivity index (χ1v) is 10.7. The van der Waals surface area contributed by atoms with Crippen LogP contribution in [0.2, 0.25) is 0 Å². The first kappa shape index (κ1) is 24.2. The largest absolute Gasteiger partial charge is 0.448 e. The van der Waals surface area contributed by atoms with Gasteiger partial charge in [0.25, 0.3) is 12.6 Å². The normalized spacial score (nSPS) is 18.2. The third kappa shape index (κ3) is 6.56. The molecule has 2 heterocycles. The molecule has 0 spiro atoms. The lowest BCUT2D eigenvalue weighted by Gasteiger charge is -2.11. The minimum absolute atomic E-state index is 0.00800. The Hall–Kier alpha value is -2.93. The minimum Gasteiger partial charge on any atom is -0.448 e. The van der Waals surface area contributed by atoms with Crippen LogP contribution in [0.25, 0.3) is 0 Å². The fourth-order valence-corrected chi connectivity index (χ4v) is 3.51. The first-order valence-electron chi connectivity index (χ1n) is 10.7. The summed E-state index contributed by atoms with van der Waals surface area (Å²) in [7, 11) is 0. The summed E-state index contributed by atoms with van der Waals surface area (Å²) in [6, 6.07) is 10.5. The fraction of sp³-hybridized carbons (Fsp3) is 0.435. The molecule has 0 aromatic heterocycles. The van der Waals surface area contributed by atoms with E-state index < -0.39 is 25.2 Å². The predicted molar refractivity (Wildman–Crippen MR) is 113 cm³/mol. The average Bonchev–Trinajstić information content (AvgIpc) is 3.35. The Labute approximate surface area is 195 Å². The van der Waals surface area contributed by atoms with Crippen LogP contribution in [0.3, 0.4) is 0 Å². The number of fused-ring (bicyclic) bond motifs is 2. The number of carbonyl (C=O) groups excluding carboxylic acids is 1.